The number of imidazole rings is 1. The van der Waals surface area contributed by atoms with Crippen LogP contribution in [0.3, 0.4) is 0 Å². The van der Waals surface area contributed by atoms with Crippen molar-refractivity contribution >= 4 is 28.6 Å². The molecule has 20 heavy (non-hydrogen) atoms. The van der Waals surface area contributed by atoms with Gasteiger partial charge in [-0.1, -0.05) is 6.07 Å². The number of carbonyl (C=O) groups excluding carboxylic acids is 1. The standard InChI is InChI=1S/C15H19ClN2O2/c1-4-20-14(19)7-8-18-13-9-10(2)5-6-12(13)17-15(18)11(3)16/h5-6,9,11H,4,7-8H2,1-3H3. The topological polar surface area (TPSA) is 44.1 Å². The van der Waals surface area contributed by atoms with E-state index in [2.05, 4.69) is 11.1 Å². The fourth-order valence-electron chi connectivity index (χ4n) is 2.23. The lowest BCUT2D eigenvalue weighted by Gasteiger charge is -2.10. The van der Waals surface area contributed by atoms with Gasteiger partial charge in [-0.25, -0.2) is 4.98 Å². The van der Waals surface area contributed by atoms with Gasteiger partial charge in [0.05, 0.1) is 29.4 Å². The number of aryl methyl sites for hydroxylation is 2. The minimum absolute atomic E-state index is 0.199. The average molecular weight is 295 g/mol. The van der Waals surface area contributed by atoms with Crippen molar-refractivity contribution < 1.29 is 9.53 Å². The highest BCUT2D eigenvalue weighted by atomic mass is 35.5. The summed E-state index contributed by atoms with van der Waals surface area (Å²) >= 11 is 6.20. The fourth-order valence-corrected chi connectivity index (χ4v) is 2.39. The summed E-state index contributed by atoms with van der Waals surface area (Å²) in [6.45, 7) is 6.66. The lowest BCUT2D eigenvalue weighted by molar-refractivity contribution is -0.143. The average Bonchev–Trinajstić information content (AvgIpc) is 2.75. The molecule has 0 aliphatic carbocycles. The van der Waals surface area contributed by atoms with Crippen LogP contribution in [-0.2, 0) is 16.1 Å². The number of alkyl halides is 1. The molecule has 1 heterocycles. The molecule has 0 aliphatic heterocycles. The number of halogens is 1. The minimum Gasteiger partial charge on any atom is -0.466 e. The Morgan fingerprint density at radius 1 is 1.50 bits per heavy atom. The maximum absolute atomic E-state index is 11.5. The van der Waals surface area contributed by atoms with E-state index in [0.717, 1.165) is 22.4 Å². The minimum atomic E-state index is -0.204. The number of hydrogen-bond acceptors (Lipinski definition) is 3. The summed E-state index contributed by atoms with van der Waals surface area (Å²) in [6, 6.07) is 6.07. The Morgan fingerprint density at radius 2 is 2.25 bits per heavy atom. The molecule has 0 radical (unpaired) electrons. The zero-order valence-corrected chi connectivity index (χ0v) is 12.8. The third-order valence-electron chi connectivity index (χ3n) is 3.13. The Hall–Kier alpha value is -1.55. The maximum atomic E-state index is 11.5. The van der Waals surface area contributed by atoms with E-state index >= 15 is 0 Å². The third kappa shape index (κ3) is 3.12. The van der Waals surface area contributed by atoms with E-state index in [4.69, 9.17) is 16.3 Å². The highest BCUT2D eigenvalue weighted by Crippen LogP contribution is 2.25. The van der Waals surface area contributed by atoms with Gasteiger partial charge in [0.25, 0.3) is 0 Å². The number of esters is 1. The summed E-state index contributed by atoms with van der Waals surface area (Å²) in [5, 5.41) is -0.204. The molecule has 0 saturated heterocycles. The van der Waals surface area contributed by atoms with E-state index in [9.17, 15) is 4.79 Å². The van der Waals surface area contributed by atoms with E-state index in [-0.39, 0.29) is 11.3 Å². The molecule has 2 rings (SSSR count). The number of nitrogens with zero attached hydrogens (tertiary/aromatic N) is 2. The van der Waals surface area contributed by atoms with Crippen molar-refractivity contribution in [3.63, 3.8) is 0 Å². The van der Waals surface area contributed by atoms with Crippen molar-refractivity contribution in [1.29, 1.82) is 0 Å². The lowest BCUT2D eigenvalue weighted by atomic mass is 10.2. The van der Waals surface area contributed by atoms with Gasteiger partial charge in [0, 0.05) is 6.54 Å². The molecule has 0 aliphatic rings. The second kappa shape index (κ2) is 6.27. The van der Waals surface area contributed by atoms with E-state index in [1.807, 2.05) is 30.5 Å². The molecule has 1 atom stereocenters. The first-order chi connectivity index (χ1) is 9.52. The van der Waals surface area contributed by atoms with Gasteiger partial charge in [-0.3, -0.25) is 4.79 Å². The molecule has 0 spiro atoms. The Bertz CT molecular complexity index is 620. The van der Waals surface area contributed by atoms with E-state index in [1.54, 1.807) is 6.92 Å². The van der Waals surface area contributed by atoms with Gasteiger partial charge in [-0.05, 0) is 38.5 Å². The number of benzene rings is 1. The molecule has 1 aromatic carbocycles. The molecule has 0 bridgehead atoms. The molecule has 4 nitrogen and oxygen atoms in total. The second-order valence-corrected chi connectivity index (χ2v) is 5.44. The molecule has 5 heteroatoms. The van der Waals surface area contributed by atoms with Gasteiger partial charge in [0.15, 0.2) is 0 Å². The predicted molar refractivity (Wildman–Crippen MR) is 80.0 cm³/mol. The number of ether oxygens (including phenoxy) is 1. The molecule has 2 aromatic rings. The summed E-state index contributed by atoms with van der Waals surface area (Å²) in [7, 11) is 0. The van der Waals surface area contributed by atoms with Gasteiger partial charge >= 0.3 is 5.97 Å². The van der Waals surface area contributed by atoms with Gasteiger partial charge in [0.1, 0.15) is 5.82 Å². The van der Waals surface area contributed by atoms with E-state index in [0.29, 0.717) is 19.6 Å². The molecule has 0 saturated carbocycles. The third-order valence-corrected chi connectivity index (χ3v) is 3.33. The van der Waals surface area contributed by atoms with Crippen LogP contribution in [0.5, 0.6) is 0 Å². The molecule has 0 N–H and O–H groups in total. The van der Waals surface area contributed by atoms with Crippen LogP contribution < -0.4 is 0 Å². The number of aromatic nitrogens is 2. The molecule has 0 amide bonds. The van der Waals surface area contributed by atoms with Gasteiger partial charge in [-0.15, -0.1) is 11.6 Å². The highest BCUT2D eigenvalue weighted by Gasteiger charge is 2.16. The van der Waals surface area contributed by atoms with Crippen molar-refractivity contribution in [3.8, 4) is 0 Å². The first-order valence-corrected chi connectivity index (χ1v) is 7.23. The largest absolute Gasteiger partial charge is 0.466 e. The Labute approximate surface area is 123 Å². The normalized spacial score (nSPS) is 12.6. The molecular formula is C15H19ClN2O2. The first kappa shape index (κ1) is 14.9. The monoisotopic (exact) mass is 294 g/mol. The van der Waals surface area contributed by atoms with Crippen molar-refractivity contribution in [3.05, 3.63) is 29.6 Å². The van der Waals surface area contributed by atoms with Crippen LogP contribution >= 0.6 is 11.6 Å². The van der Waals surface area contributed by atoms with Crippen LogP contribution in [0.4, 0.5) is 0 Å². The molecule has 1 aromatic heterocycles. The molecule has 0 fully saturated rings. The molecular weight excluding hydrogens is 276 g/mol. The van der Waals surface area contributed by atoms with Crippen LogP contribution in [0.1, 0.15) is 37.0 Å². The summed E-state index contributed by atoms with van der Waals surface area (Å²) in [5.41, 5.74) is 3.07. The maximum Gasteiger partial charge on any atom is 0.307 e. The van der Waals surface area contributed by atoms with Crippen LogP contribution in [-0.4, -0.2) is 22.1 Å². The second-order valence-electron chi connectivity index (χ2n) is 4.78. The van der Waals surface area contributed by atoms with Crippen molar-refractivity contribution in [2.24, 2.45) is 0 Å². The molecule has 108 valence electrons. The van der Waals surface area contributed by atoms with Gasteiger partial charge < -0.3 is 9.30 Å². The van der Waals surface area contributed by atoms with Crippen LogP contribution in [0.25, 0.3) is 11.0 Å². The van der Waals surface area contributed by atoms with Crippen molar-refractivity contribution in [1.82, 2.24) is 9.55 Å². The van der Waals surface area contributed by atoms with Crippen LogP contribution in [0.15, 0.2) is 18.2 Å². The van der Waals surface area contributed by atoms with Gasteiger partial charge in [-0.2, -0.15) is 0 Å². The lowest BCUT2D eigenvalue weighted by Crippen LogP contribution is -2.11. The van der Waals surface area contributed by atoms with Crippen LogP contribution in [0, 0.1) is 6.92 Å². The highest BCUT2D eigenvalue weighted by molar-refractivity contribution is 6.20. The fraction of sp³-hybridized carbons (Fsp3) is 0.467. The summed E-state index contributed by atoms with van der Waals surface area (Å²) in [5.74, 6) is 0.590. The quantitative estimate of drug-likeness (QED) is 0.625. The molecule has 1 unspecified atom stereocenters. The zero-order valence-electron chi connectivity index (χ0n) is 12.0. The number of hydrogen-bond donors (Lipinski definition) is 0. The Morgan fingerprint density at radius 3 is 2.90 bits per heavy atom. The van der Waals surface area contributed by atoms with Crippen molar-refractivity contribution in [2.45, 2.75) is 39.1 Å². The summed E-state index contributed by atoms with van der Waals surface area (Å²) in [4.78, 5) is 16.1. The zero-order chi connectivity index (χ0) is 14.7. The summed E-state index contributed by atoms with van der Waals surface area (Å²) < 4.78 is 6.98. The summed E-state index contributed by atoms with van der Waals surface area (Å²) in [6.07, 6.45) is 0.323. The number of rotatable bonds is 5. The predicted octanol–water partition coefficient (Wildman–Crippen LogP) is 3.60. The first-order valence-electron chi connectivity index (χ1n) is 6.79. The smallest absolute Gasteiger partial charge is 0.307 e. The van der Waals surface area contributed by atoms with Crippen molar-refractivity contribution in [2.75, 3.05) is 6.61 Å². The van der Waals surface area contributed by atoms with E-state index < -0.39 is 0 Å². The SMILES string of the molecule is CCOC(=O)CCn1c(C(C)Cl)nc2ccc(C)cc21. The number of carbonyl (C=O) groups is 1. The Kier molecular flexibility index (Phi) is 4.65. The van der Waals surface area contributed by atoms with Crippen LogP contribution in [0.2, 0.25) is 0 Å². The van der Waals surface area contributed by atoms with Gasteiger partial charge in [0.2, 0.25) is 0 Å². The Balaban J connectivity index is 2.35. The van der Waals surface area contributed by atoms with E-state index in [1.165, 1.54) is 0 Å². The number of fused-ring (bicyclic) bond motifs is 1.